The van der Waals surface area contributed by atoms with Crippen LogP contribution in [0.2, 0.25) is 0 Å². The Labute approximate surface area is 121 Å². The topological polar surface area (TPSA) is 46.3 Å². The SMILES string of the molecule is Cl.NC1CCCN(C(=O)c2cccc(C(F)(F)F)c2)C1. The van der Waals surface area contributed by atoms with Crippen LogP contribution in [0.3, 0.4) is 0 Å². The van der Waals surface area contributed by atoms with E-state index in [0.717, 1.165) is 25.0 Å². The third-order valence-electron chi connectivity index (χ3n) is 3.18. The summed E-state index contributed by atoms with van der Waals surface area (Å²) in [6.45, 7) is 0.942. The summed E-state index contributed by atoms with van der Waals surface area (Å²) in [5.74, 6) is -0.388. The first-order valence-electron chi connectivity index (χ1n) is 6.10. The molecule has 1 atom stereocenters. The number of rotatable bonds is 1. The zero-order valence-corrected chi connectivity index (χ0v) is 11.5. The summed E-state index contributed by atoms with van der Waals surface area (Å²) in [6, 6.07) is 4.40. The minimum atomic E-state index is -4.44. The maximum atomic E-state index is 12.6. The Kier molecular flexibility index (Phi) is 5.42. The van der Waals surface area contributed by atoms with Crippen molar-refractivity contribution in [1.82, 2.24) is 4.90 Å². The second-order valence-corrected chi connectivity index (χ2v) is 4.73. The number of nitrogens with zero attached hydrogens (tertiary/aromatic N) is 1. The van der Waals surface area contributed by atoms with E-state index in [1.54, 1.807) is 0 Å². The van der Waals surface area contributed by atoms with E-state index < -0.39 is 11.7 Å². The van der Waals surface area contributed by atoms with Crippen molar-refractivity contribution in [2.75, 3.05) is 13.1 Å². The molecule has 7 heteroatoms. The Morgan fingerprint density at radius 1 is 1.35 bits per heavy atom. The van der Waals surface area contributed by atoms with E-state index in [-0.39, 0.29) is 29.9 Å². The normalized spacial score (nSPS) is 19.4. The van der Waals surface area contributed by atoms with E-state index in [0.29, 0.717) is 13.1 Å². The minimum absolute atomic E-state index is 0. The van der Waals surface area contributed by atoms with Crippen LogP contribution in [-0.2, 0) is 6.18 Å². The molecule has 0 aromatic heterocycles. The monoisotopic (exact) mass is 308 g/mol. The molecule has 1 heterocycles. The van der Waals surface area contributed by atoms with Crippen molar-refractivity contribution in [1.29, 1.82) is 0 Å². The minimum Gasteiger partial charge on any atom is -0.337 e. The first-order chi connectivity index (χ1) is 8.88. The maximum Gasteiger partial charge on any atom is 0.416 e. The van der Waals surface area contributed by atoms with Crippen molar-refractivity contribution in [3.63, 3.8) is 0 Å². The van der Waals surface area contributed by atoms with Crippen LogP contribution in [0.15, 0.2) is 24.3 Å². The Hall–Kier alpha value is -1.27. The van der Waals surface area contributed by atoms with Crippen molar-refractivity contribution < 1.29 is 18.0 Å². The lowest BCUT2D eigenvalue weighted by Crippen LogP contribution is -2.45. The average molecular weight is 309 g/mol. The van der Waals surface area contributed by atoms with Gasteiger partial charge in [0.1, 0.15) is 0 Å². The number of likely N-dealkylation sites (tertiary alicyclic amines) is 1. The summed E-state index contributed by atoms with van der Waals surface area (Å²) in [6.07, 6.45) is -2.81. The van der Waals surface area contributed by atoms with Crippen molar-refractivity contribution in [2.45, 2.75) is 25.1 Å². The van der Waals surface area contributed by atoms with Gasteiger partial charge in [-0.25, -0.2) is 0 Å². The summed E-state index contributed by atoms with van der Waals surface area (Å²) < 4.78 is 37.8. The molecule has 1 aromatic rings. The van der Waals surface area contributed by atoms with Crippen molar-refractivity contribution >= 4 is 18.3 Å². The van der Waals surface area contributed by atoms with E-state index >= 15 is 0 Å². The van der Waals surface area contributed by atoms with Gasteiger partial charge in [0.05, 0.1) is 5.56 Å². The highest BCUT2D eigenvalue weighted by atomic mass is 35.5. The van der Waals surface area contributed by atoms with Crippen LogP contribution in [0.4, 0.5) is 13.2 Å². The number of amides is 1. The van der Waals surface area contributed by atoms with Gasteiger partial charge >= 0.3 is 6.18 Å². The first kappa shape index (κ1) is 16.8. The fourth-order valence-corrected chi connectivity index (χ4v) is 2.21. The quantitative estimate of drug-likeness (QED) is 0.867. The van der Waals surface area contributed by atoms with Crippen LogP contribution in [0.25, 0.3) is 0 Å². The molecule has 20 heavy (non-hydrogen) atoms. The Balaban J connectivity index is 0.00000200. The molecule has 1 aliphatic rings. The van der Waals surface area contributed by atoms with E-state index in [4.69, 9.17) is 5.73 Å². The highest BCUT2D eigenvalue weighted by Crippen LogP contribution is 2.29. The van der Waals surface area contributed by atoms with E-state index in [2.05, 4.69) is 0 Å². The molecule has 1 aliphatic heterocycles. The van der Waals surface area contributed by atoms with Crippen LogP contribution in [-0.4, -0.2) is 29.9 Å². The Morgan fingerprint density at radius 2 is 2.05 bits per heavy atom. The number of hydrogen-bond donors (Lipinski definition) is 1. The number of alkyl halides is 3. The van der Waals surface area contributed by atoms with Crippen LogP contribution < -0.4 is 5.73 Å². The van der Waals surface area contributed by atoms with Gasteiger partial charge in [-0.05, 0) is 31.0 Å². The summed E-state index contributed by atoms with van der Waals surface area (Å²) in [4.78, 5) is 13.6. The lowest BCUT2D eigenvalue weighted by atomic mass is 10.0. The van der Waals surface area contributed by atoms with Crippen LogP contribution in [0, 0.1) is 0 Å². The third kappa shape index (κ3) is 3.86. The molecule has 0 radical (unpaired) electrons. The highest BCUT2D eigenvalue weighted by Gasteiger charge is 2.31. The number of carbonyl (C=O) groups excluding carboxylic acids is 1. The number of nitrogens with two attached hydrogens (primary N) is 1. The molecule has 2 N–H and O–H groups in total. The van der Waals surface area contributed by atoms with Crippen LogP contribution in [0.1, 0.15) is 28.8 Å². The summed E-state index contributed by atoms with van der Waals surface area (Å²) in [7, 11) is 0. The maximum absolute atomic E-state index is 12.6. The number of carbonyl (C=O) groups is 1. The van der Waals surface area contributed by atoms with Gasteiger partial charge in [0.2, 0.25) is 0 Å². The van der Waals surface area contributed by atoms with Gasteiger partial charge in [-0.2, -0.15) is 13.2 Å². The molecule has 0 saturated carbocycles. The van der Waals surface area contributed by atoms with Crippen molar-refractivity contribution in [2.24, 2.45) is 5.73 Å². The zero-order chi connectivity index (χ0) is 14.0. The second-order valence-electron chi connectivity index (χ2n) is 4.73. The van der Waals surface area contributed by atoms with Gasteiger partial charge in [-0.15, -0.1) is 12.4 Å². The molecule has 0 spiro atoms. The molecule has 1 saturated heterocycles. The molecular weight excluding hydrogens is 293 g/mol. The molecule has 0 aliphatic carbocycles. The standard InChI is InChI=1S/C13H15F3N2O.ClH/c14-13(15,16)10-4-1-3-9(7-10)12(19)18-6-2-5-11(17)8-18;/h1,3-4,7,11H,2,5-6,8,17H2;1H. The van der Waals surface area contributed by atoms with Gasteiger partial charge in [0.25, 0.3) is 5.91 Å². The molecule has 1 fully saturated rings. The number of halogens is 4. The third-order valence-corrected chi connectivity index (χ3v) is 3.18. The molecule has 2 rings (SSSR count). The van der Waals surface area contributed by atoms with E-state index in [1.807, 2.05) is 0 Å². The second kappa shape index (κ2) is 6.45. The number of piperidine rings is 1. The number of hydrogen-bond acceptors (Lipinski definition) is 2. The van der Waals surface area contributed by atoms with Gasteiger partial charge in [0, 0.05) is 24.7 Å². The van der Waals surface area contributed by atoms with Crippen molar-refractivity contribution in [3.8, 4) is 0 Å². The Morgan fingerprint density at radius 3 is 2.65 bits per heavy atom. The molecule has 3 nitrogen and oxygen atoms in total. The average Bonchev–Trinajstić information content (AvgIpc) is 2.37. The molecule has 1 unspecified atom stereocenters. The largest absolute Gasteiger partial charge is 0.416 e. The van der Waals surface area contributed by atoms with Crippen LogP contribution in [0.5, 0.6) is 0 Å². The lowest BCUT2D eigenvalue weighted by Gasteiger charge is -2.30. The molecule has 0 bridgehead atoms. The highest BCUT2D eigenvalue weighted by molar-refractivity contribution is 5.94. The zero-order valence-electron chi connectivity index (χ0n) is 10.7. The van der Waals surface area contributed by atoms with Gasteiger partial charge < -0.3 is 10.6 Å². The molecule has 112 valence electrons. The van der Waals surface area contributed by atoms with Gasteiger partial charge in [-0.1, -0.05) is 6.07 Å². The molecule has 1 aromatic carbocycles. The van der Waals surface area contributed by atoms with Gasteiger partial charge in [0.15, 0.2) is 0 Å². The fourth-order valence-electron chi connectivity index (χ4n) is 2.21. The summed E-state index contributed by atoms with van der Waals surface area (Å²) >= 11 is 0. The van der Waals surface area contributed by atoms with Gasteiger partial charge in [-0.3, -0.25) is 4.79 Å². The van der Waals surface area contributed by atoms with Crippen molar-refractivity contribution in [3.05, 3.63) is 35.4 Å². The first-order valence-corrected chi connectivity index (χ1v) is 6.10. The van der Waals surface area contributed by atoms with E-state index in [1.165, 1.54) is 17.0 Å². The van der Waals surface area contributed by atoms with Crippen LogP contribution >= 0.6 is 12.4 Å². The number of benzene rings is 1. The predicted octanol–water partition coefficient (Wildman–Crippen LogP) is 2.69. The molecular formula is C13H16ClF3N2O. The fraction of sp³-hybridized carbons (Fsp3) is 0.462. The Bertz CT molecular complexity index is 479. The smallest absolute Gasteiger partial charge is 0.337 e. The van der Waals surface area contributed by atoms with E-state index in [9.17, 15) is 18.0 Å². The lowest BCUT2D eigenvalue weighted by molar-refractivity contribution is -0.137. The summed E-state index contributed by atoms with van der Waals surface area (Å²) in [5, 5.41) is 0. The summed E-state index contributed by atoms with van der Waals surface area (Å²) in [5.41, 5.74) is 5.02. The molecule has 1 amide bonds. The predicted molar refractivity (Wildman–Crippen MR) is 71.8 cm³/mol.